The molecule has 2 aliphatic rings. The molecule has 0 amide bonds. The molecule has 0 N–H and O–H groups in total. The zero-order valence-corrected chi connectivity index (χ0v) is 9.81. The van der Waals surface area contributed by atoms with Crippen molar-refractivity contribution in [2.75, 3.05) is 0 Å². The van der Waals surface area contributed by atoms with Gasteiger partial charge in [-0.3, -0.25) is 0 Å². The summed E-state index contributed by atoms with van der Waals surface area (Å²) in [6.07, 6.45) is 12.1. The summed E-state index contributed by atoms with van der Waals surface area (Å²) in [6.45, 7) is 0. The third kappa shape index (κ3) is 1.93. The summed E-state index contributed by atoms with van der Waals surface area (Å²) >= 11 is 0. The minimum atomic E-state index is 0.681. The Bertz CT molecular complexity index is 363. The lowest BCUT2D eigenvalue weighted by Gasteiger charge is -2.35. The molecular weight excluding hydrogens is 192 g/mol. The zero-order valence-electron chi connectivity index (χ0n) is 9.81. The Labute approximate surface area is 98.4 Å². The van der Waals surface area contributed by atoms with E-state index in [0.717, 1.165) is 11.8 Å². The minimum Gasteiger partial charge on any atom is -0.0845 e. The van der Waals surface area contributed by atoms with Crippen molar-refractivity contribution < 1.29 is 0 Å². The normalized spacial score (nSPS) is 33.4. The van der Waals surface area contributed by atoms with Gasteiger partial charge in [0.2, 0.25) is 0 Å². The molecular formula is C16H20. The van der Waals surface area contributed by atoms with Crippen molar-refractivity contribution in [3.63, 3.8) is 0 Å². The van der Waals surface area contributed by atoms with Crippen molar-refractivity contribution in [1.29, 1.82) is 0 Å². The van der Waals surface area contributed by atoms with Gasteiger partial charge in [0, 0.05) is 5.92 Å². The molecule has 1 aromatic carbocycles. The van der Waals surface area contributed by atoms with Crippen molar-refractivity contribution in [2.45, 2.75) is 38.0 Å². The Morgan fingerprint density at radius 1 is 0.875 bits per heavy atom. The number of fused-ring (bicyclic) bond motifs is 1. The maximum atomic E-state index is 2.50. The summed E-state index contributed by atoms with van der Waals surface area (Å²) in [5.74, 6) is 2.54. The van der Waals surface area contributed by atoms with Crippen LogP contribution in [0.5, 0.6) is 0 Å². The van der Waals surface area contributed by atoms with Gasteiger partial charge < -0.3 is 0 Å². The number of rotatable bonds is 1. The molecule has 0 radical (unpaired) electrons. The Kier molecular flexibility index (Phi) is 2.82. The Morgan fingerprint density at radius 2 is 1.69 bits per heavy atom. The Morgan fingerprint density at radius 3 is 2.56 bits per heavy atom. The second kappa shape index (κ2) is 4.45. The highest BCUT2D eigenvalue weighted by Crippen LogP contribution is 2.41. The van der Waals surface area contributed by atoms with E-state index in [0.29, 0.717) is 5.92 Å². The zero-order chi connectivity index (χ0) is 10.8. The molecule has 3 atom stereocenters. The first kappa shape index (κ1) is 10.1. The number of hydrogen-bond acceptors (Lipinski definition) is 0. The SMILES string of the molecule is C1=CC2CCCCC2CC1c1ccccc1. The van der Waals surface area contributed by atoms with Crippen LogP contribution in [0.4, 0.5) is 0 Å². The van der Waals surface area contributed by atoms with E-state index in [2.05, 4.69) is 42.5 Å². The summed E-state index contributed by atoms with van der Waals surface area (Å²) in [7, 11) is 0. The van der Waals surface area contributed by atoms with Crippen LogP contribution in [0.3, 0.4) is 0 Å². The second-order valence-electron chi connectivity index (χ2n) is 5.35. The molecule has 0 heterocycles. The van der Waals surface area contributed by atoms with E-state index >= 15 is 0 Å². The molecule has 16 heavy (non-hydrogen) atoms. The van der Waals surface area contributed by atoms with Crippen LogP contribution < -0.4 is 0 Å². The van der Waals surface area contributed by atoms with Crippen LogP contribution >= 0.6 is 0 Å². The van der Waals surface area contributed by atoms with Crippen molar-refractivity contribution in [2.24, 2.45) is 11.8 Å². The van der Waals surface area contributed by atoms with Crippen molar-refractivity contribution in [3.8, 4) is 0 Å². The average Bonchev–Trinajstić information content (AvgIpc) is 2.39. The first-order valence-electron chi connectivity index (χ1n) is 6.67. The van der Waals surface area contributed by atoms with Gasteiger partial charge in [-0.25, -0.2) is 0 Å². The molecule has 3 unspecified atom stereocenters. The van der Waals surface area contributed by atoms with E-state index in [1.165, 1.54) is 37.7 Å². The maximum absolute atomic E-state index is 2.50. The molecule has 3 rings (SSSR count). The predicted molar refractivity (Wildman–Crippen MR) is 68.4 cm³/mol. The highest BCUT2D eigenvalue weighted by molar-refractivity contribution is 5.25. The lowest BCUT2D eigenvalue weighted by molar-refractivity contribution is 0.249. The van der Waals surface area contributed by atoms with Gasteiger partial charge in [0.1, 0.15) is 0 Å². The van der Waals surface area contributed by atoms with Gasteiger partial charge >= 0.3 is 0 Å². The number of hydrogen-bond donors (Lipinski definition) is 0. The summed E-state index contributed by atoms with van der Waals surface area (Å²) < 4.78 is 0. The van der Waals surface area contributed by atoms with Crippen LogP contribution in [0.15, 0.2) is 42.5 Å². The fourth-order valence-corrected chi connectivity index (χ4v) is 3.41. The standard InChI is InChI=1S/C16H20/c1-2-6-13(7-3-1)16-11-10-14-8-4-5-9-15(14)12-16/h1-3,6-7,10-11,14-16H,4-5,8-9,12H2. The van der Waals surface area contributed by atoms with Gasteiger partial charge in [-0.05, 0) is 36.7 Å². The van der Waals surface area contributed by atoms with Crippen molar-refractivity contribution >= 4 is 0 Å². The smallest absolute Gasteiger partial charge is 0.00209 e. The molecule has 0 nitrogen and oxygen atoms in total. The van der Waals surface area contributed by atoms with E-state index in [9.17, 15) is 0 Å². The van der Waals surface area contributed by atoms with Crippen LogP contribution in [0.2, 0.25) is 0 Å². The van der Waals surface area contributed by atoms with Crippen LogP contribution in [0, 0.1) is 11.8 Å². The van der Waals surface area contributed by atoms with Crippen molar-refractivity contribution in [1.82, 2.24) is 0 Å². The van der Waals surface area contributed by atoms with Gasteiger partial charge in [0.05, 0.1) is 0 Å². The largest absolute Gasteiger partial charge is 0.0845 e. The molecule has 2 aliphatic carbocycles. The lowest BCUT2D eigenvalue weighted by atomic mass is 9.70. The van der Waals surface area contributed by atoms with E-state index in [1.54, 1.807) is 0 Å². The summed E-state index contributed by atoms with van der Waals surface area (Å²) in [5, 5.41) is 0. The summed E-state index contributed by atoms with van der Waals surface area (Å²) in [5.41, 5.74) is 1.50. The Balaban J connectivity index is 1.79. The fourth-order valence-electron chi connectivity index (χ4n) is 3.41. The average molecular weight is 212 g/mol. The molecule has 1 aromatic rings. The van der Waals surface area contributed by atoms with E-state index in [4.69, 9.17) is 0 Å². The first-order valence-corrected chi connectivity index (χ1v) is 6.67. The van der Waals surface area contributed by atoms with Crippen molar-refractivity contribution in [3.05, 3.63) is 48.0 Å². The first-order chi connectivity index (χ1) is 7.93. The van der Waals surface area contributed by atoms with Crippen LogP contribution in [-0.2, 0) is 0 Å². The van der Waals surface area contributed by atoms with Gasteiger partial charge in [-0.2, -0.15) is 0 Å². The number of benzene rings is 1. The van der Waals surface area contributed by atoms with Crippen LogP contribution in [0.1, 0.15) is 43.6 Å². The van der Waals surface area contributed by atoms with Gasteiger partial charge in [0.25, 0.3) is 0 Å². The van der Waals surface area contributed by atoms with E-state index < -0.39 is 0 Å². The lowest BCUT2D eigenvalue weighted by Crippen LogP contribution is -2.23. The molecule has 1 saturated carbocycles. The summed E-state index contributed by atoms with van der Waals surface area (Å²) in [4.78, 5) is 0. The highest BCUT2D eigenvalue weighted by atomic mass is 14.3. The van der Waals surface area contributed by atoms with Gasteiger partial charge in [0.15, 0.2) is 0 Å². The van der Waals surface area contributed by atoms with Gasteiger partial charge in [-0.1, -0.05) is 55.3 Å². The minimum absolute atomic E-state index is 0.681. The third-order valence-corrected chi connectivity index (χ3v) is 4.34. The van der Waals surface area contributed by atoms with E-state index in [1.807, 2.05) is 0 Å². The maximum Gasteiger partial charge on any atom is 0.00209 e. The molecule has 0 saturated heterocycles. The predicted octanol–water partition coefficient (Wildman–Crippen LogP) is 4.54. The summed E-state index contributed by atoms with van der Waals surface area (Å²) in [6, 6.07) is 11.0. The second-order valence-corrected chi connectivity index (χ2v) is 5.35. The number of allylic oxidation sites excluding steroid dienone is 2. The Hall–Kier alpha value is -1.04. The highest BCUT2D eigenvalue weighted by Gasteiger charge is 2.28. The van der Waals surface area contributed by atoms with Crippen LogP contribution in [-0.4, -0.2) is 0 Å². The molecule has 0 bridgehead atoms. The molecule has 84 valence electrons. The molecule has 1 fully saturated rings. The molecule has 0 aliphatic heterocycles. The fraction of sp³-hybridized carbons (Fsp3) is 0.500. The van der Waals surface area contributed by atoms with Gasteiger partial charge in [-0.15, -0.1) is 0 Å². The third-order valence-electron chi connectivity index (χ3n) is 4.34. The van der Waals surface area contributed by atoms with Crippen LogP contribution in [0.25, 0.3) is 0 Å². The monoisotopic (exact) mass is 212 g/mol. The molecule has 0 aromatic heterocycles. The molecule has 0 heteroatoms. The molecule has 0 spiro atoms. The van der Waals surface area contributed by atoms with E-state index in [-0.39, 0.29) is 0 Å². The quantitative estimate of drug-likeness (QED) is 0.600. The topological polar surface area (TPSA) is 0 Å².